The fourth-order valence-electron chi connectivity index (χ4n) is 4.24. The van der Waals surface area contributed by atoms with Gasteiger partial charge in [0, 0.05) is 6.04 Å². The summed E-state index contributed by atoms with van der Waals surface area (Å²) >= 11 is 4.80. The van der Waals surface area contributed by atoms with Crippen LogP contribution in [0.5, 0.6) is 11.5 Å². The molecule has 7 heteroatoms. The Balaban J connectivity index is 1.73. The maximum atomic E-state index is 13.6. The van der Waals surface area contributed by atoms with Crippen LogP contribution in [0.1, 0.15) is 45.1 Å². The number of hydrogen-bond acceptors (Lipinski definition) is 5. The van der Waals surface area contributed by atoms with Crippen molar-refractivity contribution in [2.75, 3.05) is 6.61 Å². The van der Waals surface area contributed by atoms with E-state index in [1.807, 2.05) is 48.2 Å². The molecule has 1 N–H and O–H groups in total. The molecule has 0 unspecified atom stereocenters. The number of amides is 1. The molecule has 32 heavy (non-hydrogen) atoms. The van der Waals surface area contributed by atoms with Crippen LogP contribution in [0.15, 0.2) is 56.8 Å². The first-order valence-corrected chi connectivity index (χ1v) is 12.6. The normalized spacial score (nSPS) is 23.8. The topological polar surface area (TPSA) is 62.1 Å². The first-order chi connectivity index (χ1) is 15.5. The molecule has 0 aromatic heterocycles. The molecule has 1 aliphatic heterocycles. The number of hydrogen-bond donors (Lipinski definition) is 1. The number of thioether (sulfide) groups is 1. The molecule has 2 atom stereocenters. The van der Waals surface area contributed by atoms with Crippen LogP contribution < -0.4 is 4.74 Å². The summed E-state index contributed by atoms with van der Waals surface area (Å²) in [6, 6.07) is 13.5. The summed E-state index contributed by atoms with van der Waals surface area (Å²) < 4.78 is 6.07. The number of ether oxygens (including phenoxy) is 1. The number of aromatic hydroxyl groups is 1. The van der Waals surface area contributed by atoms with E-state index in [0.717, 1.165) is 35.7 Å². The summed E-state index contributed by atoms with van der Waals surface area (Å²) in [6.45, 7) is 4.54. The minimum Gasteiger partial charge on any atom is -0.503 e. The average Bonchev–Trinajstić information content (AvgIpc) is 3.07. The van der Waals surface area contributed by atoms with Gasteiger partial charge in [0.25, 0.3) is 5.91 Å². The van der Waals surface area contributed by atoms with Gasteiger partial charge in [-0.25, -0.2) is 4.99 Å². The molecule has 1 heterocycles. The molecule has 0 radical (unpaired) electrons. The van der Waals surface area contributed by atoms with E-state index in [-0.39, 0.29) is 17.7 Å². The lowest BCUT2D eigenvalue weighted by Gasteiger charge is -2.35. The highest BCUT2D eigenvalue weighted by atomic mass is 79.9. The van der Waals surface area contributed by atoms with Crippen molar-refractivity contribution in [3.63, 3.8) is 0 Å². The molecule has 2 aliphatic rings. The molecule has 2 aromatic rings. The van der Waals surface area contributed by atoms with Gasteiger partial charge in [-0.2, -0.15) is 0 Å². The quantitative estimate of drug-likeness (QED) is 0.449. The SMILES string of the molecule is CCOc1cc(/C=C2\SC(=Nc3ccccc3)N([C@H]3CCCC[C@H]3C)C2=O)cc(Br)c1O. The summed E-state index contributed by atoms with van der Waals surface area (Å²) in [5.74, 6) is 0.870. The second kappa shape index (κ2) is 10.1. The van der Waals surface area contributed by atoms with Crippen molar-refractivity contribution in [1.29, 1.82) is 0 Å². The van der Waals surface area contributed by atoms with Crippen molar-refractivity contribution in [3.8, 4) is 11.5 Å². The number of amidine groups is 1. The molecule has 0 spiro atoms. The number of phenols is 1. The Labute approximate surface area is 201 Å². The number of benzene rings is 2. The minimum atomic E-state index is -0.00871. The fourth-order valence-corrected chi connectivity index (χ4v) is 5.75. The van der Waals surface area contributed by atoms with E-state index in [4.69, 9.17) is 9.73 Å². The summed E-state index contributed by atoms with van der Waals surface area (Å²) in [6.07, 6.45) is 6.31. The number of halogens is 1. The average molecular weight is 515 g/mol. The zero-order chi connectivity index (χ0) is 22.7. The van der Waals surface area contributed by atoms with Crippen LogP contribution in [-0.4, -0.2) is 33.7 Å². The van der Waals surface area contributed by atoms with E-state index in [2.05, 4.69) is 22.9 Å². The van der Waals surface area contributed by atoms with Gasteiger partial charge in [0.05, 0.1) is 21.7 Å². The van der Waals surface area contributed by atoms with Gasteiger partial charge < -0.3 is 9.84 Å². The van der Waals surface area contributed by atoms with Gasteiger partial charge in [0.15, 0.2) is 16.7 Å². The van der Waals surface area contributed by atoms with Gasteiger partial charge in [-0.3, -0.25) is 9.69 Å². The number of carbonyl (C=O) groups excluding carboxylic acids is 1. The van der Waals surface area contributed by atoms with Crippen LogP contribution in [0.3, 0.4) is 0 Å². The number of nitrogens with zero attached hydrogens (tertiary/aromatic N) is 2. The van der Waals surface area contributed by atoms with E-state index in [0.29, 0.717) is 27.7 Å². The Morgan fingerprint density at radius 2 is 2.00 bits per heavy atom. The van der Waals surface area contributed by atoms with Gasteiger partial charge in [-0.1, -0.05) is 38.0 Å². The van der Waals surface area contributed by atoms with Crippen molar-refractivity contribution in [2.24, 2.45) is 10.9 Å². The van der Waals surface area contributed by atoms with Crippen LogP contribution in [0.25, 0.3) is 6.08 Å². The third kappa shape index (κ3) is 4.89. The highest BCUT2D eigenvalue weighted by molar-refractivity contribution is 9.10. The maximum Gasteiger partial charge on any atom is 0.267 e. The molecule has 1 amide bonds. The first kappa shape index (κ1) is 22.9. The molecular weight excluding hydrogens is 488 g/mol. The first-order valence-electron chi connectivity index (χ1n) is 11.0. The number of phenolic OH excluding ortho intramolecular Hbond substituents is 1. The van der Waals surface area contributed by atoms with Crippen molar-refractivity contribution < 1.29 is 14.6 Å². The Morgan fingerprint density at radius 1 is 1.25 bits per heavy atom. The van der Waals surface area contributed by atoms with Gasteiger partial charge in [-0.15, -0.1) is 0 Å². The molecule has 0 bridgehead atoms. The second-order valence-electron chi connectivity index (χ2n) is 8.13. The lowest BCUT2D eigenvalue weighted by Crippen LogP contribution is -2.44. The van der Waals surface area contributed by atoms with Gasteiger partial charge in [0.2, 0.25) is 0 Å². The number of rotatable bonds is 5. The summed E-state index contributed by atoms with van der Waals surface area (Å²) in [5, 5.41) is 11.0. The summed E-state index contributed by atoms with van der Waals surface area (Å²) in [7, 11) is 0. The largest absolute Gasteiger partial charge is 0.503 e. The number of aliphatic imine (C=N–C) groups is 1. The van der Waals surface area contributed by atoms with E-state index in [9.17, 15) is 9.90 Å². The minimum absolute atomic E-state index is 0.00871. The summed E-state index contributed by atoms with van der Waals surface area (Å²) in [4.78, 5) is 21.0. The van der Waals surface area contributed by atoms with Crippen LogP contribution >= 0.6 is 27.7 Å². The lowest BCUT2D eigenvalue weighted by atomic mass is 9.85. The molecule has 1 aliphatic carbocycles. The molecule has 168 valence electrons. The zero-order valence-electron chi connectivity index (χ0n) is 18.3. The van der Waals surface area contributed by atoms with Crippen LogP contribution in [0.2, 0.25) is 0 Å². The van der Waals surface area contributed by atoms with E-state index >= 15 is 0 Å². The predicted octanol–water partition coefficient (Wildman–Crippen LogP) is 6.74. The highest BCUT2D eigenvalue weighted by Gasteiger charge is 2.41. The standard InChI is InChI=1S/C25H27BrN2O3S/c1-3-31-21-14-17(13-19(26)23(21)29)15-22-24(30)28(20-12-8-7-9-16(20)2)25(32-22)27-18-10-5-4-6-11-18/h4-6,10-11,13-16,20,29H,3,7-9,12H2,1-2H3/b22-15-,27-25?/t16-,20+/m1/s1. The lowest BCUT2D eigenvalue weighted by molar-refractivity contribution is -0.124. The van der Waals surface area contributed by atoms with Crippen molar-refractivity contribution in [1.82, 2.24) is 4.90 Å². The molecular formula is C25H27BrN2O3S. The highest BCUT2D eigenvalue weighted by Crippen LogP contribution is 2.41. The second-order valence-corrected chi connectivity index (χ2v) is 9.99. The van der Waals surface area contributed by atoms with Crippen LogP contribution in [0, 0.1) is 5.92 Å². The van der Waals surface area contributed by atoms with Crippen molar-refractivity contribution in [3.05, 3.63) is 57.4 Å². The predicted molar refractivity (Wildman–Crippen MR) is 134 cm³/mol. The molecule has 1 saturated heterocycles. The van der Waals surface area contributed by atoms with E-state index < -0.39 is 0 Å². The third-order valence-electron chi connectivity index (χ3n) is 5.86. The zero-order valence-corrected chi connectivity index (χ0v) is 20.7. The monoisotopic (exact) mass is 514 g/mol. The summed E-state index contributed by atoms with van der Waals surface area (Å²) in [5.41, 5.74) is 1.62. The Hall–Kier alpha value is -2.25. The smallest absolute Gasteiger partial charge is 0.267 e. The van der Waals surface area contributed by atoms with E-state index in [1.165, 1.54) is 18.2 Å². The number of para-hydroxylation sites is 1. The van der Waals surface area contributed by atoms with Gasteiger partial charge >= 0.3 is 0 Å². The maximum absolute atomic E-state index is 13.6. The van der Waals surface area contributed by atoms with Crippen LogP contribution in [0.4, 0.5) is 5.69 Å². The molecule has 1 saturated carbocycles. The third-order valence-corrected chi connectivity index (χ3v) is 7.45. The van der Waals surface area contributed by atoms with Gasteiger partial charge in [-0.05, 0) is 89.3 Å². The molecule has 4 rings (SSSR count). The Kier molecular flexibility index (Phi) is 7.26. The van der Waals surface area contributed by atoms with Crippen molar-refractivity contribution >= 4 is 50.5 Å². The molecule has 2 fully saturated rings. The van der Waals surface area contributed by atoms with E-state index in [1.54, 1.807) is 12.1 Å². The number of carbonyl (C=O) groups is 1. The Morgan fingerprint density at radius 3 is 2.72 bits per heavy atom. The Bertz CT molecular complexity index is 1050. The fraction of sp³-hybridized carbons (Fsp3) is 0.360. The van der Waals surface area contributed by atoms with Crippen LogP contribution in [-0.2, 0) is 4.79 Å². The molecule has 5 nitrogen and oxygen atoms in total. The van der Waals surface area contributed by atoms with Crippen molar-refractivity contribution in [2.45, 2.75) is 45.6 Å². The molecule has 2 aromatic carbocycles. The van der Waals surface area contributed by atoms with Gasteiger partial charge in [0.1, 0.15) is 0 Å².